The summed E-state index contributed by atoms with van der Waals surface area (Å²) in [6.45, 7) is 8.49. The van der Waals surface area contributed by atoms with E-state index in [2.05, 4.69) is 26.1 Å². The molecule has 2 atom stereocenters. The van der Waals surface area contributed by atoms with Crippen molar-refractivity contribution < 1.29 is 5.11 Å². The lowest BCUT2D eigenvalue weighted by atomic mass is 10.0. The van der Waals surface area contributed by atoms with Crippen LogP contribution >= 0.6 is 0 Å². The van der Waals surface area contributed by atoms with Crippen molar-refractivity contribution in [3.8, 4) is 0 Å². The fourth-order valence-electron chi connectivity index (χ4n) is 1.91. The third-order valence-electron chi connectivity index (χ3n) is 2.99. The summed E-state index contributed by atoms with van der Waals surface area (Å²) in [5.74, 6) is 0.742. The predicted molar refractivity (Wildman–Crippen MR) is 74.2 cm³/mol. The van der Waals surface area contributed by atoms with Crippen LogP contribution in [-0.4, -0.2) is 11.1 Å². The molecule has 96 valence electrons. The van der Waals surface area contributed by atoms with E-state index in [0.29, 0.717) is 6.04 Å². The molecule has 0 amide bonds. The number of aliphatic hydroxyl groups is 1. The van der Waals surface area contributed by atoms with Crippen LogP contribution < -0.4 is 5.32 Å². The average molecular weight is 235 g/mol. The Labute approximate surface area is 105 Å². The maximum absolute atomic E-state index is 9.70. The smallest absolute Gasteiger partial charge is 0.0781 e. The second kappa shape index (κ2) is 6.65. The highest BCUT2D eigenvalue weighted by atomic mass is 16.3. The molecule has 0 aliphatic rings. The zero-order valence-electron chi connectivity index (χ0n) is 11.4. The molecule has 0 saturated carbocycles. The van der Waals surface area contributed by atoms with Crippen LogP contribution in [0.2, 0.25) is 0 Å². The molecule has 1 aromatic rings. The first kappa shape index (κ1) is 14.0. The molecule has 1 rings (SSSR count). The summed E-state index contributed by atoms with van der Waals surface area (Å²) < 4.78 is 0. The number of benzene rings is 1. The summed E-state index contributed by atoms with van der Waals surface area (Å²) in [6.07, 6.45) is 1.97. The van der Waals surface area contributed by atoms with E-state index < -0.39 is 6.10 Å². The Morgan fingerprint density at radius 3 is 2.29 bits per heavy atom. The average Bonchev–Trinajstić information content (AvgIpc) is 2.27. The molecular formula is C15H25NO. The van der Waals surface area contributed by atoms with E-state index in [1.807, 2.05) is 24.3 Å². The molecule has 2 unspecified atom stereocenters. The topological polar surface area (TPSA) is 32.3 Å². The van der Waals surface area contributed by atoms with Crippen LogP contribution in [0.4, 0.5) is 5.69 Å². The van der Waals surface area contributed by atoms with E-state index in [1.165, 1.54) is 6.42 Å². The minimum atomic E-state index is -0.420. The van der Waals surface area contributed by atoms with Crippen molar-refractivity contribution in [3.63, 3.8) is 0 Å². The molecule has 0 bridgehead atoms. The fourth-order valence-corrected chi connectivity index (χ4v) is 1.91. The Kier molecular flexibility index (Phi) is 5.49. The van der Waals surface area contributed by atoms with Crippen molar-refractivity contribution in [1.82, 2.24) is 0 Å². The van der Waals surface area contributed by atoms with Gasteiger partial charge in [0.25, 0.3) is 0 Å². The highest BCUT2D eigenvalue weighted by Crippen LogP contribution is 2.23. The number of nitrogens with one attached hydrogen (secondary N) is 1. The lowest BCUT2D eigenvalue weighted by molar-refractivity contribution is 0.200. The summed E-state index contributed by atoms with van der Waals surface area (Å²) in [5, 5.41) is 13.2. The SMILES string of the molecule is CC(C)CCC(C)Nc1ccccc1C(C)O. The van der Waals surface area contributed by atoms with E-state index in [-0.39, 0.29) is 0 Å². The van der Waals surface area contributed by atoms with Crippen LogP contribution in [0.15, 0.2) is 24.3 Å². The summed E-state index contributed by atoms with van der Waals surface area (Å²) in [5.41, 5.74) is 2.03. The maximum atomic E-state index is 9.70. The van der Waals surface area contributed by atoms with Crippen LogP contribution in [0.5, 0.6) is 0 Å². The van der Waals surface area contributed by atoms with Crippen molar-refractivity contribution in [2.45, 2.75) is 52.7 Å². The van der Waals surface area contributed by atoms with Crippen LogP contribution in [0.25, 0.3) is 0 Å². The highest BCUT2D eigenvalue weighted by Gasteiger charge is 2.09. The molecule has 1 aromatic carbocycles. The molecule has 0 radical (unpaired) electrons. The van der Waals surface area contributed by atoms with E-state index >= 15 is 0 Å². The largest absolute Gasteiger partial charge is 0.389 e. The van der Waals surface area contributed by atoms with E-state index in [4.69, 9.17) is 0 Å². The van der Waals surface area contributed by atoms with Crippen LogP contribution in [0, 0.1) is 5.92 Å². The number of hydrogen-bond acceptors (Lipinski definition) is 2. The van der Waals surface area contributed by atoms with Gasteiger partial charge in [0.1, 0.15) is 0 Å². The van der Waals surface area contributed by atoms with Gasteiger partial charge in [-0.05, 0) is 38.7 Å². The molecular weight excluding hydrogens is 210 g/mol. The van der Waals surface area contributed by atoms with Gasteiger partial charge in [0.15, 0.2) is 0 Å². The van der Waals surface area contributed by atoms with Gasteiger partial charge in [0.2, 0.25) is 0 Å². The molecule has 0 aromatic heterocycles. The second-order valence-electron chi connectivity index (χ2n) is 5.28. The van der Waals surface area contributed by atoms with Gasteiger partial charge in [-0.2, -0.15) is 0 Å². The third-order valence-corrected chi connectivity index (χ3v) is 2.99. The van der Waals surface area contributed by atoms with Crippen molar-refractivity contribution in [1.29, 1.82) is 0 Å². The van der Waals surface area contributed by atoms with Gasteiger partial charge in [0.05, 0.1) is 6.10 Å². The molecule has 2 nitrogen and oxygen atoms in total. The maximum Gasteiger partial charge on any atom is 0.0781 e. The molecule has 0 aliphatic carbocycles. The monoisotopic (exact) mass is 235 g/mol. The van der Waals surface area contributed by atoms with Gasteiger partial charge in [-0.25, -0.2) is 0 Å². The minimum Gasteiger partial charge on any atom is -0.389 e. The standard InChI is InChI=1S/C15H25NO/c1-11(2)9-10-12(3)16-15-8-6-5-7-14(15)13(4)17/h5-8,11-13,16-17H,9-10H2,1-4H3. The van der Waals surface area contributed by atoms with Gasteiger partial charge in [-0.1, -0.05) is 32.0 Å². The van der Waals surface area contributed by atoms with Crippen molar-refractivity contribution >= 4 is 5.69 Å². The van der Waals surface area contributed by atoms with E-state index in [9.17, 15) is 5.11 Å². The number of anilines is 1. The Morgan fingerprint density at radius 1 is 1.06 bits per heavy atom. The summed E-state index contributed by atoms with van der Waals surface area (Å²) in [4.78, 5) is 0. The Morgan fingerprint density at radius 2 is 1.71 bits per heavy atom. The molecule has 2 heteroatoms. The van der Waals surface area contributed by atoms with Gasteiger partial charge in [-0.15, -0.1) is 0 Å². The second-order valence-corrected chi connectivity index (χ2v) is 5.28. The number of para-hydroxylation sites is 1. The van der Waals surface area contributed by atoms with Crippen LogP contribution in [0.3, 0.4) is 0 Å². The highest BCUT2D eigenvalue weighted by molar-refractivity contribution is 5.52. The van der Waals surface area contributed by atoms with Crippen molar-refractivity contribution in [2.24, 2.45) is 5.92 Å². The van der Waals surface area contributed by atoms with Gasteiger partial charge in [-0.3, -0.25) is 0 Å². The first-order valence-corrected chi connectivity index (χ1v) is 6.54. The minimum absolute atomic E-state index is 0.420. The van der Waals surface area contributed by atoms with Gasteiger partial charge in [0, 0.05) is 17.3 Å². The summed E-state index contributed by atoms with van der Waals surface area (Å²) in [7, 11) is 0. The first-order chi connectivity index (χ1) is 8.00. The van der Waals surface area contributed by atoms with E-state index in [1.54, 1.807) is 6.92 Å². The fraction of sp³-hybridized carbons (Fsp3) is 0.600. The molecule has 0 spiro atoms. The Hall–Kier alpha value is -1.02. The molecule has 0 fully saturated rings. The third kappa shape index (κ3) is 4.78. The molecule has 0 aliphatic heterocycles. The molecule has 0 heterocycles. The Bertz CT molecular complexity index is 333. The lowest BCUT2D eigenvalue weighted by Crippen LogP contribution is -2.17. The van der Waals surface area contributed by atoms with Crippen molar-refractivity contribution in [3.05, 3.63) is 29.8 Å². The normalized spacial score (nSPS) is 14.7. The first-order valence-electron chi connectivity index (χ1n) is 6.54. The predicted octanol–water partition coefficient (Wildman–Crippen LogP) is 3.98. The summed E-state index contributed by atoms with van der Waals surface area (Å²) in [6, 6.07) is 8.42. The van der Waals surface area contributed by atoms with Gasteiger partial charge >= 0.3 is 0 Å². The summed E-state index contributed by atoms with van der Waals surface area (Å²) >= 11 is 0. The van der Waals surface area contributed by atoms with Gasteiger partial charge < -0.3 is 10.4 Å². The van der Waals surface area contributed by atoms with Crippen LogP contribution in [0.1, 0.15) is 52.2 Å². The molecule has 17 heavy (non-hydrogen) atoms. The number of rotatable bonds is 6. The van der Waals surface area contributed by atoms with Crippen molar-refractivity contribution in [2.75, 3.05) is 5.32 Å². The van der Waals surface area contributed by atoms with E-state index in [0.717, 1.165) is 23.6 Å². The Balaban J connectivity index is 2.61. The zero-order chi connectivity index (χ0) is 12.8. The lowest BCUT2D eigenvalue weighted by Gasteiger charge is -2.20. The molecule has 0 saturated heterocycles. The quantitative estimate of drug-likeness (QED) is 0.781. The number of hydrogen-bond donors (Lipinski definition) is 2. The van der Waals surface area contributed by atoms with Crippen LogP contribution in [-0.2, 0) is 0 Å². The number of aliphatic hydroxyl groups excluding tert-OH is 1. The zero-order valence-corrected chi connectivity index (χ0v) is 11.4. The molecule has 2 N–H and O–H groups in total.